The third kappa shape index (κ3) is 9.59. The molecule has 0 bridgehead atoms. The number of rotatable bonds is 10. The second-order valence-corrected chi connectivity index (χ2v) is 11.7. The molecule has 0 radical (unpaired) electrons. The van der Waals surface area contributed by atoms with E-state index in [0.717, 1.165) is 42.6 Å². The van der Waals surface area contributed by atoms with E-state index in [2.05, 4.69) is 36.3 Å². The zero-order valence-electron chi connectivity index (χ0n) is 29.3. The molecule has 4 rings (SSSR count). The number of amides is 2. The Labute approximate surface area is 273 Å². The van der Waals surface area contributed by atoms with E-state index in [1.807, 2.05) is 39.5 Å². The van der Waals surface area contributed by atoms with Crippen molar-refractivity contribution in [3.63, 3.8) is 0 Å². The van der Waals surface area contributed by atoms with Crippen LogP contribution in [0.25, 0.3) is 11.3 Å². The molecule has 0 spiro atoms. The van der Waals surface area contributed by atoms with E-state index in [9.17, 15) is 18.4 Å². The smallest absolute Gasteiger partial charge is 0.291 e. The van der Waals surface area contributed by atoms with Crippen molar-refractivity contribution in [3.8, 4) is 17.0 Å². The lowest BCUT2D eigenvalue weighted by molar-refractivity contribution is -0.870. The van der Waals surface area contributed by atoms with Crippen LogP contribution in [0.1, 0.15) is 67.6 Å². The number of benzene rings is 2. The van der Waals surface area contributed by atoms with E-state index in [1.165, 1.54) is 30.0 Å². The Bertz CT molecular complexity index is 1440. The number of halogens is 2. The number of piperazine rings is 1. The minimum absolute atomic E-state index is 0.00164. The molecule has 0 atom stereocenters. The van der Waals surface area contributed by atoms with Crippen LogP contribution in [0.15, 0.2) is 36.5 Å². The Morgan fingerprint density at radius 3 is 2.22 bits per heavy atom. The number of methoxy groups -OCH3 is 1. The Kier molecular flexibility index (Phi) is 14.8. The standard InChI is InChI=1S/C31H40F2N6O3.2C2H6/c1-7-21-19-22(9-10-23(21)31(41)38-16-14-37(15-17-38)13-8-18-39(3,4)5)35-30(40)29-34-20-25(36(29)2)24-11-12-26(42-6)28(33)27(24)32;2*1-2/h9-12,19-20H,7-8,13-18H2,1-6H3;2*1-2H3/p+1. The third-order valence-corrected chi connectivity index (χ3v) is 7.67. The summed E-state index contributed by atoms with van der Waals surface area (Å²) in [5, 5.41) is 2.82. The van der Waals surface area contributed by atoms with Gasteiger partial charge in [0.2, 0.25) is 5.82 Å². The van der Waals surface area contributed by atoms with Crippen molar-refractivity contribution in [2.75, 3.05) is 72.8 Å². The van der Waals surface area contributed by atoms with Gasteiger partial charge in [0.15, 0.2) is 17.4 Å². The zero-order chi connectivity index (χ0) is 34.6. The van der Waals surface area contributed by atoms with Gasteiger partial charge in [-0.25, -0.2) is 9.37 Å². The molecule has 0 unspecified atom stereocenters. The van der Waals surface area contributed by atoms with Gasteiger partial charge in [-0.05, 0) is 42.3 Å². The highest BCUT2D eigenvalue weighted by molar-refractivity contribution is 6.03. The van der Waals surface area contributed by atoms with Gasteiger partial charge < -0.3 is 24.0 Å². The van der Waals surface area contributed by atoms with Crippen LogP contribution in [0.3, 0.4) is 0 Å². The topological polar surface area (TPSA) is 79.7 Å². The lowest BCUT2D eigenvalue weighted by atomic mass is 10.0. The third-order valence-electron chi connectivity index (χ3n) is 7.67. The van der Waals surface area contributed by atoms with Gasteiger partial charge in [-0.2, -0.15) is 4.39 Å². The molecule has 2 amide bonds. The maximum Gasteiger partial charge on any atom is 0.291 e. The number of aromatic nitrogens is 2. The molecule has 0 saturated carbocycles. The van der Waals surface area contributed by atoms with E-state index >= 15 is 0 Å². The molecule has 2 aromatic carbocycles. The Hall–Kier alpha value is -3.83. The predicted octanol–water partition coefficient (Wildman–Crippen LogP) is 6.10. The molecular formula is C35H53F2N6O3+. The molecule has 2 heterocycles. The number of hydrogen-bond donors (Lipinski definition) is 1. The lowest BCUT2D eigenvalue weighted by Gasteiger charge is -2.35. The summed E-state index contributed by atoms with van der Waals surface area (Å²) in [4.78, 5) is 35.0. The average molecular weight is 644 g/mol. The lowest BCUT2D eigenvalue weighted by Crippen LogP contribution is -2.49. The Balaban J connectivity index is 0.00000177. The van der Waals surface area contributed by atoms with Crippen LogP contribution in [0.4, 0.5) is 14.5 Å². The summed E-state index contributed by atoms with van der Waals surface area (Å²) in [6.07, 6.45) is 3.06. The molecule has 46 heavy (non-hydrogen) atoms. The van der Waals surface area contributed by atoms with Gasteiger partial charge in [0.25, 0.3) is 11.8 Å². The molecule has 1 aliphatic heterocycles. The largest absolute Gasteiger partial charge is 0.494 e. The first-order valence-corrected chi connectivity index (χ1v) is 16.2. The highest BCUT2D eigenvalue weighted by atomic mass is 19.2. The van der Waals surface area contributed by atoms with Crippen LogP contribution < -0.4 is 10.1 Å². The van der Waals surface area contributed by atoms with Gasteiger partial charge in [0, 0.05) is 63.0 Å². The van der Waals surface area contributed by atoms with Crippen LogP contribution in [0.2, 0.25) is 0 Å². The number of carbonyl (C=O) groups is 2. The Morgan fingerprint density at radius 1 is 0.978 bits per heavy atom. The number of hydrogen-bond acceptors (Lipinski definition) is 5. The maximum absolute atomic E-state index is 14.7. The van der Waals surface area contributed by atoms with Crippen LogP contribution in [0, 0.1) is 11.6 Å². The van der Waals surface area contributed by atoms with Gasteiger partial charge in [-0.1, -0.05) is 34.6 Å². The molecule has 1 aromatic heterocycles. The van der Waals surface area contributed by atoms with E-state index < -0.39 is 17.5 Å². The van der Waals surface area contributed by atoms with Crippen molar-refractivity contribution >= 4 is 17.5 Å². The van der Waals surface area contributed by atoms with Crippen molar-refractivity contribution in [1.29, 1.82) is 0 Å². The van der Waals surface area contributed by atoms with Crippen LogP contribution in [-0.2, 0) is 13.5 Å². The number of anilines is 1. The average Bonchev–Trinajstić information content (AvgIpc) is 3.44. The van der Waals surface area contributed by atoms with Gasteiger partial charge >= 0.3 is 0 Å². The number of nitrogens with zero attached hydrogens (tertiary/aromatic N) is 5. The van der Waals surface area contributed by atoms with Gasteiger partial charge in [-0.15, -0.1) is 0 Å². The zero-order valence-corrected chi connectivity index (χ0v) is 29.3. The summed E-state index contributed by atoms with van der Waals surface area (Å²) >= 11 is 0. The second-order valence-electron chi connectivity index (χ2n) is 11.7. The fourth-order valence-electron chi connectivity index (χ4n) is 5.23. The summed E-state index contributed by atoms with van der Waals surface area (Å²) in [5.74, 6) is -2.89. The SMILES string of the molecule is CC.CC.CCc1cc(NC(=O)c2ncc(-c3ccc(OC)c(F)c3F)n2C)ccc1C(=O)N1CCN(CCC[N+](C)(C)C)CC1. The summed E-state index contributed by atoms with van der Waals surface area (Å²) in [7, 11) is 9.40. The molecule has 9 nitrogen and oxygen atoms in total. The number of aryl methyl sites for hydroxylation is 1. The van der Waals surface area contributed by atoms with Gasteiger partial charge in [0.1, 0.15) is 0 Å². The number of imidazole rings is 1. The molecular weight excluding hydrogens is 590 g/mol. The van der Waals surface area contributed by atoms with Crippen molar-refractivity contribution in [2.45, 2.75) is 47.5 Å². The van der Waals surface area contributed by atoms with Crippen molar-refractivity contribution in [1.82, 2.24) is 19.4 Å². The fourth-order valence-corrected chi connectivity index (χ4v) is 5.23. The van der Waals surface area contributed by atoms with Crippen LogP contribution in [-0.4, -0.2) is 103 Å². The highest BCUT2D eigenvalue weighted by Crippen LogP contribution is 2.30. The van der Waals surface area contributed by atoms with Crippen LogP contribution in [0.5, 0.6) is 5.75 Å². The molecule has 1 saturated heterocycles. The normalized spacial score (nSPS) is 13.3. The predicted molar refractivity (Wildman–Crippen MR) is 181 cm³/mol. The van der Waals surface area contributed by atoms with E-state index in [1.54, 1.807) is 25.2 Å². The van der Waals surface area contributed by atoms with Crippen molar-refractivity contribution in [2.24, 2.45) is 7.05 Å². The summed E-state index contributed by atoms with van der Waals surface area (Å²) in [6, 6.07) is 7.96. The monoisotopic (exact) mass is 643 g/mol. The van der Waals surface area contributed by atoms with E-state index in [0.29, 0.717) is 30.8 Å². The van der Waals surface area contributed by atoms with E-state index in [-0.39, 0.29) is 28.7 Å². The number of carbonyl (C=O) groups excluding carboxylic acids is 2. The molecule has 3 aromatic rings. The molecule has 0 aliphatic carbocycles. The van der Waals surface area contributed by atoms with Crippen molar-refractivity contribution < 1.29 is 27.6 Å². The van der Waals surface area contributed by atoms with Crippen LogP contribution >= 0.6 is 0 Å². The number of nitrogens with one attached hydrogen (secondary N) is 1. The highest BCUT2D eigenvalue weighted by Gasteiger charge is 2.25. The first kappa shape index (κ1) is 38.4. The molecule has 1 N–H and O–H groups in total. The minimum Gasteiger partial charge on any atom is -0.494 e. The summed E-state index contributed by atoms with van der Waals surface area (Å²) in [6.45, 7) is 15.2. The first-order valence-electron chi connectivity index (χ1n) is 16.2. The summed E-state index contributed by atoms with van der Waals surface area (Å²) in [5.41, 5.74) is 2.18. The minimum atomic E-state index is -1.11. The van der Waals surface area contributed by atoms with Gasteiger partial charge in [-0.3, -0.25) is 14.5 Å². The quantitative estimate of drug-likeness (QED) is 0.271. The molecule has 11 heteroatoms. The van der Waals surface area contributed by atoms with E-state index in [4.69, 9.17) is 4.74 Å². The Morgan fingerprint density at radius 2 is 1.63 bits per heavy atom. The maximum atomic E-state index is 14.7. The second kappa shape index (κ2) is 17.8. The van der Waals surface area contributed by atoms with Gasteiger partial charge in [0.05, 0.1) is 46.7 Å². The first-order chi connectivity index (χ1) is 21.9. The fraction of sp³-hybridized carbons (Fsp3) is 0.514. The molecule has 254 valence electrons. The molecule has 1 fully saturated rings. The number of ether oxygens (including phenoxy) is 1. The van der Waals surface area contributed by atoms with Crippen molar-refractivity contribution in [3.05, 3.63) is 65.1 Å². The summed E-state index contributed by atoms with van der Waals surface area (Å²) < 4.78 is 36.1. The number of quaternary nitrogens is 1. The molecule has 1 aliphatic rings.